The molecule has 0 radical (unpaired) electrons. The topological polar surface area (TPSA) is 60.8 Å². The molecule has 0 fully saturated rings. The molecule has 0 atom stereocenters. The lowest BCUT2D eigenvalue weighted by atomic mass is 10.0. The van der Waals surface area contributed by atoms with Gasteiger partial charge in [-0.2, -0.15) is 0 Å². The van der Waals surface area contributed by atoms with Gasteiger partial charge in [-0.1, -0.05) is 0 Å². The number of aromatic nitrogens is 1. The summed E-state index contributed by atoms with van der Waals surface area (Å²) in [5, 5.41) is 11.9. The van der Waals surface area contributed by atoms with Crippen molar-refractivity contribution < 1.29 is 19.3 Å². The van der Waals surface area contributed by atoms with E-state index in [2.05, 4.69) is 4.98 Å². The minimum atomic E-state index is 0.0734. The highest BCUT2D eigenvalue weighted by atomic mass is 16.5. The van der Waals surface area contributed by atoms with Crippen LogP contribution in [0.4, 0.5) is 0 Å². The molecule has 0 bridgehead atoms. The van der Waals surface area contributed by atoms with Crippen LogP contribution in [0.5, 0.6) is 23.0 Å². The highest BCUT2D eigenvalue weighted by Crippen LogP contribution is 2.38. The monoisotopic (exact) mass is 311 g/mol. The fraction of sp³-hybridized carbons (Fsp3) is 0.167. The second kappa shape index (κ2) is 6.04. The summed E-state index contributed by atoms with van der Waals surface area (Å²) in [6.07, 6.45) is 1.73. The molecule has 0 amide bonds. The van der Waals surface area contributed by atoms with Crippen LogP contribution >= 0.6 is 0 Å². The summed E-state index contributed by atoms with van der Waals surface area (Å²) in [5.74, 6) is 1.79. The smallest absolute Gasteiger partial charge is 0.161 e. The summed E-state index contributed by atoms with van der Waals surface area (Å²) < 4.78 is 15.8. The average molecular weight is 311 g/mol. The molecule has 0 aliphatic carbocycles. The number of nitrogens with zero attached hydrogens (tertiary/aromatic N) is 1. The van der Waals surface area contributed by atoms with Gasteiger partial charge in [0.1, 0.15) is 0 Å². The molecule has 5 heteroatoms. The first-order valence-electron chi connectivity index (χ1n) is 7.06. The molecule has 1 N–H and O–H groups in total. The lowest BCUT2D eigenvalue weighted by Gasteiger charge is -2.12. The number of aromatic hydroxyl groups is 1. The van der Waals surface area contributed by atoms with E-state index < -0.39 is 0 Å². The maximum atomic E-state index is 10.0. The third-order valence-electron chi connectivity index (χ3n) is 3.72. The zero-order valence-electron chi connectivity index (χ0n) is 13.2. The Morgan fingerprint density at radius 2 is 1.52 bits per heavy atom. The van der Waals surface area contributed by atoms with Crippen molar-refractivity contribution in [3.63, 3.8) is 0 Å². The lowest BCUT2D eigenvalue weighted by molar-refractivity contribution is 0.356. The number of phenolic OH excluding ortho intramolecular Hbond substituents is 1. The Hall–Kier alpha value is -2.95. The van der Waals surface area contributed by atoms with Gasteiger partial charge in [-0.3, -0.25) is 4.98 Å². The maximum absolute atomic E-state index is 10.0. The normalized spacial score (nSPS) is 10.6. The second-order valence-electron chi connectivity index (χ2n) is 4.97. The van der Waals surface area contributed by atoms with Gasteiger partial charge in [0.15, 0.2) is 23.0 Å². The van der Waals surface area contributed by atoms with Gasteiger partial charge in [0.2, 0.25) is 0 Å². The molecule has 0 unspecified atom stereocenters. The van der Waals surface area contributed by atoms with E-state index in [1.807, 2.05) is 24.3 Å². The van der Waals surface area contributed by atoms with E-state index in [0.717, 1.165) is 22.0 Å². The minimum absolute atomic E-state index is 0.0734. The molecule has 1 heterocycles. The molecule has 1 aromatic heterocycles. The number of pyridine rings is 1. The predicted molar refractivity (Wildman–Crippen MR) is 88.5 cm³/mol. The van der Waals surface area contributed by atoms with Crippen molar-refractivity contribution in [2.24, 2.45) is 0 Å². The SMILES string of the molecule is COc1ccc(-c2nccc3cc(OC)c(OC)cc23)cc1O. The van der Waals surface area contributed by atoms with Crippen LogP contribution in [-0.4, -0.2) is 31.4 Å². The summed E-state index contributed by atoms with van der Waals surface area (Å²) in [7, 11) is 4.72. The molecule has 3 aromatic rings. The highest BCUT2D eigenvalue weighted by molar-refractivity contribution is 5.96. The van der Waals surface area contributed by atoms with Gasteiger partial charge in [-0.15, -0.1) is 0 Å². The van der Waals surface area contributed by atoms with E-state index >= 15 is 0 Å². The number of hydrogen-bond donors (Lipinski definition) is 1. The number of phenols is 1. The molecule has 0 saturated carbocycles. The van der Waals surface area contributed by atoms with Crippen molar-refractivity contribution in [3.8, 4) is 34.3 Å². The Kier molecular flexibility index (Phi) is 3.93. The van der Waals surface area contributed by atoms with E-state index in [1.54, 1.807) is 32.5 Å². The largest absolute Gasteiger partial charge is 0.504 e. The third kappa shape index (κ3) is 2.61. The van der Waals surface area contributed by atoms with Crippen molar-refractivity contribution in [2.75, 3.05) is 21.3 Å². The van der Waals surface area contributed by atoms with Crippen LogP contribution in [0, 0.1) is 0 Å². The molecule has 0 spiro atoms. The highest BCUT2D eigenvalue weighted by Gasteiger charge is 2.12. The first kappa shape index (κ1) is 15.0. The van der Waals surface area contributed by atoms with Crippen molar-refractivity contribution in [2.45, 2.75) is 0 Å². The van der Waals surface area contributed by atoms with Gasteiger partial charge < -0.3 is 19.3 Å². The third-order valence-corrected chi connectivity index (χ3v) is 3.72. The van der Waals surface area contributed by atoms with Crippen LogP contribution in [0.15, 0.2) is 42.6 Å². The first-order chi connectivity index (χ1) is 11.2. The van der Waals surface area contributed by atoms with Crippen molar-refractivity contribution >= 4 is 10.8 Å². The summed E-state index contributed by atoms with van der Waals surface area (Å²) in [5.41, 5.74) is 1.54. The van der Waals surface area contributed by atoms with Crippen LogP contribution in [0.2, 0.25) is 0 Å². The Bertz CT molecular complexity index is 861. The van der Waals surface area contributed by atoms with Gasteiger partial charge in [-0.05, 0) is 41.8 Å². The van der Waals surface area contributed by atoms with E-state index in [9.17, 15) is 5.11 Å². The molecular weight excluding hydrogens is 294 g/mol. The zero-order valence-corrected chi connectivity index (χ0v) is 13.2. The van der Waals surface area contributed by atoms with Crippen LogP contribution < -0.4 is 14.2 Å². The second-order valence-corrected chi connectivity index (χ2v) is 4.97. The van der Waals surface area contributed by atoms with Crippen molar-refractivity contribution in [3.05, 3.63) is 42.6 Å². The Balaban J connectivity index is 2.23. The molecule has 5 nitrogen and oxygen atoms in total. The van der Waals surface area contributed by atoms with Gasteiger partial charge in [0.25, 0.3) is 0 Å². The molecule has 2 aromatic carbocycles. The van der Waals surface area contributed by atoms with Crippen LogP contribution in [-0.2, 0) is 0 Å². The fourth-order valence-corrected chi connectivity index (χ4v) is 2.57. The average Bonchev–Trinajstić information content (AvgIpc) is 2.59. The molecule has 0 aliphatic rings. The summed E-state index contributed by atoms with van der Waals surface area (Å²) >= 11 is 0. The van der Waals surface area contributed by atoms with E-state index in [4.69, 9.17) is 14.2 Å². The maximum Gasteiger partial charge on any atom is 0.161 e. The predicted octanol–water partition coefficient (Wildman–Crippen LogP) is 3.63. The van der Waals surface area contributed by atoms with Gasteiger partial charge in [0.05, 0.1) is 27.0 Å². The molecule has 3 rings (SSSR count). The number of ether oxygens (including phenoxy) is 3. The quantitative estimate of drug-likeness (QED) is 0.797. The van der Waals surface area contributed by atoms with Gasteiger partial charge >= 0.3 is 0 Å². The Morgan fingerprint density at radius 1 is 0.826 bits per heavy atom. The zero-order chi connectivity index (χ0) is 16.4. The Morgan fingerprint density at radius 3 is 2.17 bits per heavy atom. The van der Waals surface area contributed by atoms with E-state index in [-0.39, 0.29) is 5.75 Å². The Labute approximate surface area is 134 Å². The number of benzene rings is 2. The molecule has 23 heavy (non-hydrogen) atoms. The van der Waals surface area contributed by atoms with E-state index in [1.165, 1.54) is 7.11 Å². The van der Waals surface area contributed by atoms with Crippen molar-refractivity contribution in [1.29, 1.82) is 0 Å². The fourth-order valence-electron chi connectivity index (χ4n) is 2.57. The number of hydrogen-bond acceptors (Lipinski definition) is 5. The van der Waals surface area contributed by atoms with Crippen molar-refractivity contribution in [1.82, 2.24) is 4.98 Å². The molecule has 0 saturated heterocycles. The van der Waals surface area contributed by atoms with Gasteiger partial charge in [-0.25, -0.2) is 0 Å². The number of fused-ring (bicyclic) bond motifs is 1. The number of methoxy groups -OCH3 is 3. The summed E-state index contributed by atoms with van der Waals surface area (Å²) in [4.78, 5) is 4.46. The first-order valence-corrected chi connectivity index (χ1v) is 7.06. The minimum Gasteiger partial charge on any atom is -0.504 e. The number of rotatable bonds is 4. The van der Waals surface area contributed by atoms with E-state index in [0.29, 0.717) is 17.2 Å². The summed E-state index contributed by atoms with van der Waals surface area (Å²) in [6.45, 7) is 0. The molecular formula is C18H17NO4. The van der Waals surface area contributed by atoms with Crippen LogP contribution in [0.25, 0.3) is 22.0 Å². The summed E-state index contributed by atoms with van der Waals surface area (Å²) in [6, 6.07) is 10.9. The lowest BCUT2D eigenvalue weighted by Crippen LogP contribution is -1.93. The van der Waals surface area contributed by atoms with Crippen LogP contribution in [0.1, 0.15) is 0 Å². The molecule has 118 valence electrons. The van der Waals surface area contributed by atoms with Crippen LogP contribution in [0.3, 0.4) is 0 Å². The van der Waals surface area contributed by atoms with Gasteiger partial charge in [0, 0.05) is 17.1 Å². The molecule has 0 aliphatic heterocycles. The standard InChI is InChI=1S/C18H17NO4/c1-21-15-5-4-12(8-14(15)20)18-13-10-17(23-3)16(22-2)9-11(13)6-7-19-18/h4-10,20H,1-3H3.